The van der Waals surface area contributed by atoms with Crippen molar-refractivity contribution in [2.75, 3.05) is 19.6 Å². The molecule has 0 unspecified atom stereocenters. The number of likely N-dealkylation sites (tertiary alicyclic amines) is 1. The van der Waals surface area contributed by atoms with Gasteiger partial charge in [0, 0.05) is 23.7 Å². The van der Waals surface area contributed by atoms with Crippen molar-refractivity contribution in [2.45, 2.75) is 6.42 Å². The summed E-state index contributed by atoms with van der Waals surface area (Å²) in [5.74, 6) is 0.324. The lowest BCUT2D eigenvalue weighted by Gasteiger charge is -2.15. The largest absolute Gasteiger partial charge is 0.363 e. The van der Waals surface area contributed by atoms with Crippen LogP contribution in [0.2, 0.25) is 5.02 Å². The lowest BCUT2D eigenvalue weighted by atomic mass is 10.1. The second kappa shape index (κ2) is 5.87. The number of nitrogens with zero attached hydrogens (tertiary/aromatic N) is 2. The highest BCUT2D eigenvalue weighted by Gasteiger charge is 2.29. The van der Waals surface area contributed by atoms with Crippen LogP contribution >= 0.6 is 11.6 Å². The molecule has 2 aromatic rings. The van der Waals surface area contributed by atoms with Crippen LogP contribution in [0.5, 0.6) is 0 Å². The van der Waals surface area contributed by atoms with Gasteiger partial charge in [-0.1, -0.05) is 28.9 Å². The van der Waals surface area contributed by atoms with Gasteiger partial charge in [0.05, 0.1) is 0 Å². The van der Waals surface area contributed by atoms with Crippen LogP contribution in [0, 0.1) is 5.92 Å². The van der Waals surface area contributed by atoms with Gasteiger partial charge in [-0.3, -0.25) is 4.79 Å². The molecule has 110 valence electrons. The first-order chi connectivity index (χ1) is 10.2. The Morgan fingerprint density at radius 2 is 2.19 bits per heavy atom. The summed E-state index contributed by atoms with van der Waals surface area (Å²) >= 11 is 5.88. The first kappa shape index (κ1) is 14.1. The molecule has 0 radical (unpaired) electrons. The van der Waals surface area contributed by atoms with Gasteiger partial charge in [-0.25, -0.2) is 0 Å². The van der Waals surface area contributed by atoms with E-state index in [0.29, 0.717) is 35.3 Å². The average molecular weight is 306 g/mol. The Bertz CT molecular complexity index is 639. The van der Waals surface area contributed by atoms with Crippen molar-refractivity contribution in [3.63, 3.8) is 0 Å². The fourth-order valence-corrected chi connectivity index (χ4v) is 2.71. The van der Waals surface area contributed by atoms with E-state index < -0.39 is 0 Å². The van der Waals surface area contributed by atoms with E-state index in [1.165, 1.54) is 6.26 Å². The van der Waals surface area contributed by atoms with E-state index in [9.17, 15) is 4.79 Å². The molecule has 0 bridgehead atoms. The molecule has 1 fully saturated rings. The zero-order valence-corrected chi connectivity index (χ0v) is 12.2. The van der Waals surface area contributed by atoms with Gasteiger partial charge in [0.25, 0.3) is 5.91 Å². The zero-order chi connectivity index (χ0) is 14.8. The molecule has 2 N–H and O–H groups in total. The Labute approximate surface area is 127 Å². The summed E-state index contributed by atoms with van der Waals surface area (Å²) in [5.41, 5.74) is 7.51. The summed E-state index contributed by atoms with van der Waals surface area (Å²) in [6, 6.07) is 7.17. The van der Waals surface area contributed by atoms with E-state index in [-0.39, 0.29) is 5.91 Å². The van der Waals surface area contributed by atoms with Crippen LogP contribution < -0.4 is 5.73 Å². The molecule has 1 amide bonds. The van der Waals surface area contributed by atoms with Crippen LogP contribution in [0.25, 0.3) is 11.3 Å². The van der Waals surface area contributed by atoms with Crippen molar-refractivity contribution in [2.24, 2.45) is 11.7 Å². The van der Waals surface area contributed by atoms with E-state index >= 15 is 0 Å². The van der Waals surface area contributed by atoms with Gasteiger partial charge in [0.2, 0.25) is 0 Å². The van der Waals surface area contributed by atoms with Crippen LogP contribution in [-0.2, 0) is 0 Å². The van der Waals surface area contributed by atoms with Crippen molar-refractivity contribution in [3.8, 4) is 11.3 Å². The molecule has 0 saturated carbocycles. The van der Waals surface area contributed by atoms with Gasteiger partial charge in [-0.15, -0.1) is 0 Å². The normalized spacial score (nSPS) is 18.2. The van der Waals surface area contributed by atoms with Crippen LogP contribution in [-0.4, -0.2) is 35.6 Å². The minimum absolute atomic E-state index is 0.0582. The van der Waals surface area contributed by atoms with Crippen LogP contribution in [0.4, 0.5) is 0 Å². The molecule has 1 atom stereocenters. The van der Waals surface area contributed by atoms with E-state index in [0.717, 1.165) is 18.5 Å². The molecule has 3 rings (SSSR count). The average Bonchev–Trinajstić information content (AvgIpc) is 3.16. The van der Waals surface area contributed by atoms with Crippen molar-refractivity contribution in [1.82, 2.24) is 10.1 Å². The van der Waals surface area contributed by atoms with Crippen LogP contribution in [0.1, 0.15) is 16.8 Å². The summed E-state index contributed by atoms with van der Waals surface area (Å²) in [6.45, 7) is 2.03. The summed E-state index contributed by atoms with van der Waals surface area (Å²) in [6.07, 6.45) is 2.35. The maximum atomic E-state index is 12.6. The molecule has 1 aromatic heterocycles. The third-order valence-corrected chi connectivity index (χ3v) is 4.08. The summed E-state index contributed by atoms with van der Waals surface area (Å²) < 4.78 is 5.01. The topological polar surface area (TPSA) is 72.4 Å². The number of rotatable bonds is 3. The van der Waals surface area contributed by atoms with Crippen molar-refractivity contribution in [1.29, 1.82) is 0 Å². The minimum Gasteiger partial charge on any atom is -0.363 e. The Balaban J connectivity index is 1.85. The number of aromatic nitrogens is 1. The smallest absolute Gasteiger partial charge is 0.259 e. The van der Waals surface area contributed by atoms with E-state index in [2.05, 4.69) is 5.16 Å². The molecule has 21 heavy (non-hydrogen) atoms. The first-order valence-electron chi connectivity index (χ1n) is 6.88. The number of hydrogen-bond acceptors (Lipinski definition) is 4. The fraction of sp³-hybridized carbons (Fsp3) is 0.333. The molecule has 2 heterocycles. The Morgan fingerprint density at radius 1 is 1.43 bits per heavy atom. The van der Waals surface area contributed by atoms with Gasteiger partial charge in [0.15, 0.2) is 0 Å². The predicted octanol–water partition coefficient (Wildman–Crippen LogP) is 2.42. The first-order valence-corrected chi connectivity index (χ1v) is 7.26. The highest BCUT2D eigenvalue weighted by molar-refractivity contribution is 6.30. The number of nitrogens with two attached hydrogens (primary N) is 1. The fourth-order valence-electron chi connectivity index (χ4n) is 2.58. The third-order valence-electron chi connectivity index (χ3n) is 3.82. The Kier molecular flexibility index (Phi) is 3.94. The molecular weight excluding hydrogens is 290 g/mol. The van der Waals surface area contributed by atoms with Crippen molar-refractivity contribution >= 4 is 17.5 Å². The summed E-state index contributed by atoms with van der Waals surface area (Å²) in [4.78, 5) is 14.4. The number of halogens is 1. The summed E-state index contributed by atoms with van der Waals surface area (Å²) in [7, 11) is 0. The summed E-state index contributed by atoms with van der Waals surface area (Å²) in [5, 5.41) is 4.60. The van der Waals surface area contributed by atoms with E-state index in [1.807, 2.05) is 17.0 Å². The lowest BCUT2D eigenvalue weighted by Crippen LogP contribution is -2.29. The van der Waals surface area contributed by atoms with Gasteiger partial charge >= 0.3 is 0 Å². The van der Waals surface area contributed by atoms with Crippen molar-refractivity contribution < 1.29 is 9.32 Å². The number of benzene rings is 1. The second-order valence-electron chi connectivity index (χ2n) is 5.23. The van der Waals surface area contributed by atoms with Gasteiger partial charge in [-0.2, -0.15) is 0 Å². The molecule has 5 nitrogen and oxygen atoms in total. The lowest BCUT2D eigenvalue weighted by molar-refractivity contribution is 0.0787. The molecular formula is C15H16ClN3O2. The third kappa shape index (κ3) is 2.80. The van der Waals surface area contributed by atoms with Gasteiger partial charge in [0.1, 0.15) is 17.5 Å². The van der Waals surface area contributed by atoms with Crippen LogP contribution in [0.3, 0.4) is 0 Å². The predicted molar refractivity (Wildman–Crippen MR) is 80.0 cm³/mol. The Morgan fingerprint density at radius 3 is 2.86 bits per heavy atom. The molecule has 0 aliphatic carbocycles. The minimum atomic E-state index is -0.0582. The molecule has 1 aliphatic rings. The standard InChI is InChI=1S/C15H16ClN3O2/c16-12-3-1-11(2-4-12)14-13(9-21-18-14)15(20)19-6-5-10(7-17)8-19/h1-4,9-10H,5-8,17H2/t10-/m0/s1. The highest BCUT2D eigenvalue weighted by Crippen LogP contribution is 2.26. The van der Waals surface area contributed by atoms with Crippen LogP contribution in [0.15, 0.2) is 35.1 Å². The van der Waals surface area contributed by atoms with E-state index in [4.69, 9.17) is 21.9 Å². The number of carbonyl (C=O) groups is 1. The number of amides is 1. The number of hydrogen-bond donors (Lipinski definition) is 1. The second-order valence-corrected chi connectivity index (χ2v) is 5.66. The SMILES string of the molecule is NC[C@@H]1CCN(C(=O)c2conc2-c2ccc(Cl)cc2)C1. The maximum absolute atomic E-state index is 12.6. The molecule has 1 saturated heterocycles. The van der Waals surface area contributed by atoms with Crippen molar-refractivity contribution in [3.05, 3.63) is 41.1 Å². The molecule has 6 heteroatoms. The molecule has 1 aliphatic heterocycles. The molecule has 1 aromatic carbocycles. The Hall–Kier alpha value is -1.85. The van der Waals surface area contributed by atoms with Gasteiger partial charge < -0.3 is 15.2 Å². The quantitative estimate of drug-likeness (QED) is 0.945. The van der Waals surface area contributed by atoms with E-state index in [1.54, 1.807) is 12.1 Å². The zero-order valence-electron chi connectivity index (χ0n) is 11.5. The highest BCUT2D eigenvalue weighted by atomic mass is 35.5. The maximum Gasteiger partial charge on any atom is 0.259 e. The monoisotopic (exact) mass is 305 g/mol. The number of carbonyl (C=O) groups excluding carboxylic acids is 1. The molecule has 0 spiro atoms. The van der Waals surface area contributed by atoms with Gasteiger partial charge in [-0.05, 0) is 31.0 Å².